The fraction of sp³-hybridized carbons (Fsp3) is 0.778. The van der Waals surface area contributed by atoms with Crippen LogP contribution in [-0.4, -0.2) is 17.2 Å². The van der Waals surface area contributed by atoms with Crippen molar-refractivity contribution in [3.8, 4) is 0 Å². The smallest absolute Gasteiger partial charge is 0.131 e. The van der Waals surface area contributed by atoms with E-state index in [1.54, 1.807) is 11.3 Å². The predicted molar refractivity (Wildman–Crippen MR) is 53.9 cm³/mol. The van der Waals surface area contributed by atoms with Crippen LogP contribution in [0.2, 0.25) is 0 Å². The summed E-state index contributed by atoms with van der Waals surface area (Å²) in [5, 5.41) is 13.9. The van der Waals surface area contributed by atoms with Crippen molar-refractivity contribution in [1.29, 1.82) is 0 Å². The molecule has 0 atom stereocenters. The van der Waals surface area contributed by atoms with Gasteiger partial charge in [0.25, 0.3) is 0 Å². The zero-order chi connectivity index (χ0) is 9.10. The second-order valence-corrected chi connectivity index (χ2v) is 4.64. The molecule has 13 heavy (non-hydrogen) atoms. The van der Waals surface area contributed by atoms with Crippen molar-refractivity contribution >= 4 is 11.3 Å². The Morgan fingerprint density at radius 2 is 2.15 bits per heavy atom. The Kier molecular flexibility index (Phi) is 2.90. The first-order valence-electron chi connectivity index (χ1n) is 4.87. The highest BCUT2D eigenvalue weighted by Gasteiger charge is 2.20. The van der Waals surface area contributed by atoms with Gasteiger partial charge in [0.05, 0.1) is 0 Å². The van der Waals surface area contributed by atoms with Gasteiger partial charge < -0.3 is 5.32 Å². The number of nitrogens with zero attached hydrogens (tertiary/aromatic N) is 2. The van der Waals surface area contributed by atoms with Gasteiger partial charge in [-0.15, -0.1) is 10.2 Å². The summed E-state index contributed by atoms with van der Waals surface area (Å²) < 4.78 is 0. The molecular formula is C9H15N3S. The fourth-order valence-corrected chi connectivity index (χ4v) is 2.85. The molecule has 1 aliphatic carbocycles. The molecule has 3 nitrogen and oxygen atoms in total. The molecule has 0 aromatic carbocycles. The maximum absolute atomic E-state index is 4.25. The summed E-state index contributed by atoms with van der Waals surface area (Å²) in [6, 6.07) is 0. The molecule has 1 aromatic heterocycles. The van der Waals surface area contributed by atoms with E-state index in [-0.39, 0.29) is 0 Å². The summed E-state index contributed by atoms with van der Waals surface area (Å²) in [7, 11) is 1.94. The third-order valence-corrected chi connectivity index (χ3v) is 3.60. The second-order valence-electron chi connectivity index (χ2n) is 3.55. The minimum atomic E-state index is 0.711. The molecule has 2 rings (SSSR count). The largest absolute Gasteiger partial charge is 0.313 e. The first-order valence-corrected chi connectivity index (χ1v) is 5.68. The van der Waals surface area contributed by atoms with Crippen LogP contribution >= 0.6 is 11.3 Å². The average Bonchev–Trinajstić information content (AvgIpc) is 2.70. The van der Waals surface area contributed by atoms with Crippen molar-refractivity contribution in [2.75, 3.05) is 7.05 Å². The molecule has 4 heteroatoms. The van der Waals surface area contributed by atoms with Crippen LogP contribution in [0.5, 0.6) is 0 Å². The van der Waals surface area contributed by atoms with Crippen molar-refractivity contribution in [2.45, 2.75) is 38.1 Å². The Bertz CT molecular complexity index is 266. The molecule has 0 unspecified atom stereocenters. The highest BCUT2D eigenvalue weighted by atomic mass is 32.1. The molecule has 0 radical (unpaired) electrons. The van der Waals surface area contributed by atoms with E-state index < -0.39 is 0 Å². The Morgan fingerprint density at radius 1 is 1.38 bits per heavy atom. The molecule has 72 valence electrons. The molecule has 0 saturated heterocycles. The Hall–Kier alpha value is -0.480. The van der Waals surface area contributed by atoms with Gasteiger partial charge in [0.15, 0.2) is 0 Å². The van der Waals surface area contributed by atoms with Crippen LogP contribution in [0, 0.1) is 0 Å². The van der Waals surface area contributed by atoms with E-state index in [0.717, 1.165) is 11.6 Å². The molecule has 1 aromatic rings. The van der Waals surface area contributed by atoms with Gasteiger partial charge in [-0.2, -0.15) is 0 Å². The van der Waals surface area contributed by atoms with Crippen LogP contribution in [-0.2, 0) is 6.54 Å². The maximum atomic E-state index is 4.25. The van der Waals surface area contributed by atoms with Gasteiger partial charge in [0.1, 0.15) is 10.0 Å². The highest BCUT2D eigenvalue weighted by molar-refractivity contribution is 7.11. The monoisotopic (exact) mass is 197 g/mol. The standard InChI is InChI=1S/C9H15N3S/c1-10-6-8-11-12-9(13-8)7-4-2-3-5-7/h7,10H,2-6H2,1H3. The number of rotatable bonds is 3. The first-order chi connectivity index (χ1) is 6.40. The van der Waals surface area contributed by atoms with E-state index in [9.17, 15) is 0 Å². The molecule has 0 amide bonds. The summed E-state index contributed by atoms with van der Waals surface area (Å²) in [5.74, 6) is 0.711. The second kappa shape index (κ2) is 4.15. The molecule has 1 saturated carbocycles. The zero-order valence-corrected chi connectivity index (χ0v) is 8.73. The number of hydrogen-bond acceptors (Lipinski definition) is 4. The topological polar surface area (TPSA) is 37.8 Å². The Morgan fingerprint density at radius 3 is 2.85 bits per heavy atom. The van der Waals surface area contributed by atoms with Gasteiger partial charge in [-0.05, 0) is 19.9 Å². The lowest BCUT2D eigenvalue weighted by atomic mass is 10.1. The van der Waals surface area contributed by atoms with Gasteiger partial charge in [-0.3, -0.25) is 0 Å². The van der Waals surface area contributed by atoms with Crippen LogP contribution in [0.25, 0.3) is 0 Å². The molecular weight excluding hydrogens is 182 g/mol. The lowest BCUT2D eigenvalue weighted by Gasteiger charge is -2.00. The van der Waals surface area contributed by atoms with Gasteiger partial charge in [0, 0.05) is 12.5 Å². The third kappa shape index (κ3) is 2.06. The summed E-state index contributed by atoms with van der Waals surface area (Å²) in [6.45, 7) is 0.852. The predicted octanol–water partition coefficient (Wildman–Crippen LogP) is 1.92. The van der Waals surface area contributed by atoms with Crippen LogP contribution in [0.3, 0.4) is 0 Å². The normalized spacial score (nSPS) is 18.2. The summed E-state index contributed by atoms with van der Waals surface area (Å²) in [4.78, 5) is 0. The molecule has 1 fully saturated rings. The van der Waals surface area contributed by atoms with Gasteiger partial charge in [0.2, 0.25) is 0 Å². The molecule has 0 spiro atoms. The number of hydrogen-bond donors (Lipinski definition) is 1. The van der Waals surface area contributed by atoms with E-state index in [2.05, 4.69) is 15.5 Å². The molecule has 0 bridgehead atoms. The van der Waals surface area contributed by atoms with E-state index >= 15 is 0 Å². The quantitative estimate of drug-likeness (QED) is 0.804. The minimum absolute atomic E-state index is 0.711. The zero-order valence-electron chi connectivity index (χ0n) is 7.92. The number of aromatic nitrogens is 2. The first kappa shape index (κ1) is 9.09. The van der Waals surface area contributed by atoms with Gasteiger partial charge >= 0.3 is 0 Å². The summed E-state index contributed by atoms with van der Waals surface area (Å²) >= 11 is 1.77. The van der Waals surface area contributed by atoms with Crippen LogP contribution in [0.1, 0.15) is 41.6 Å². The highest BCUT2D eigenvalue weighted by Crippen LogP contribution is 2.35. The average molecular weight is 197 g/mol. The van der Waals surface area contributed by atoms with Crippen LogP contribution in [0.4, 0.5) is 0 Å². The Balaban J connectivity index is 2.03. The third-order valence-electron chi connectivity index (χ3n) is 2.51. The fourth-order valence-electron chi connectivity index (χ4n) is 1.83. The molecule has 1 aliphatic rings. The molecule has 1 heterocycles. The lowest BCUT2D eigenvalue weighted by Crippen LogP contribution is -2.04. The van der Waals surface area contributed by atoms with E-state index in [1.807, 2.05) is 7.05 Å². The minimum Gasteiger partial charge on any atom is -0.313 e. The number of nitrogens with one attached hydrogen (secondary N) is 1. The van der Waals surface area contributed by atoms with Gasteiger partial charge in [-0.1, -0.05) is 24.2 Å². The lowest BCUT2D eigenvalue weighted by molar-refractivity contribution is 0.701. The Labute approximate surface area is 82.6 Å². The van der Waals surface area contributed by atoms with Crippen molar-refractivity contribution < 1.29 is 0 Å². The SMILES string of the molecule is CNCc1nnc(C2CCCC2)s1. The molecule has 0 aliphatic heterocycles. The van der Waals surface area contributed by atoms with Crippen molar-refractivity contribution in [1.82, 2.24) is 15.5 Å². The summed E-state index contributed by atoms with van der Waals surface area (Å²) in [6.07, 6.45) is 5.36. The summed E-state index contributed by atoms with van der Waals surface area (Å²) in [5.41, 5.74) is 0. The van der Waals surface area contributed by atoms with Crippen LogP contribution < -0.4 is 5.32 Å². The van der Waals surface area contributed by atoms with E-state index in [1.165, 1.54) is 30.7 Å². The van der Waals surface area contributed by atoms with Crippen LogP contribution in [0.15, 0.2) is 0 Å². The van der Waals surface area contributed by atoms with E-state index in [0.29, 0.717) is 5.92 Å². The van der Waals surface area contributed by atoms with E-state index in [4.69, 9.17) is 0 Å². The van der Waals surface area contributed by atoms with Gasteiger partial charge in [-0.25, -0.2) is 0 Å². The van der Waals surface area contributed by atoms with Crippen molar-refractivity contribution in [3.63, 3.8) is 0 Å². The molecule has 1 N–H and O–H groups in total. The van der Waals surface area contributed by atoms with Crippen molar-refractivity contribution in [3.05, 3.63) is 10.0 Å². The van der Waals surface area contributed by atoms with Crippen molar-refractivity contribution in [2.24, 2.45) is 0 Å². The maximum Gasteiger partial charge on any atom is 0.131 e.